The summed E-state index contributed by atoms with van der Waals surface area (Å²) in [5, 5.41) is 0. The molecule has 66 valence electrons. The summed E-state index contributed by atoms with van der Waals surface area (Å²) in [7, 11) is 0. The fourth-order valence-corrected chi connectivity index (χ4v) is 1.78. The van der Waals surface area contributed by atoms with Crippen LogP contribution in [0.15, 0.2) is 18.2 Å². The van der Waals surface area contributed by atoms with Gasteiger partial charge in [0.05, 0.1) is 0 Å². The second kappa shape index (κ2) is 3.46. The summed E-state index contributed by atoms with van der Waals surface area (Å²) in [6, 6.07) is 6.86. The lowest BCUT2D eigenvalue weighted by molar-refractivity contribution is 0.713. The summed E-state index contributed by atoms with van der Waals surface area (Å²) in [5.74, 6) is 0. The van der Waals surface area contributed by atoms with E-state index >= 15 is 0 Å². The molecule has 1 unspecified atom stereocenters. The van der Waals surface area contributed by atoms with E-state index < -0.39 is 0 Å². The van der Waals surface area contributed by atoms with Crippen LogP contribution in [0, 0.1) is 6.92 Å². The summed E-state index contributed by atoms with van der Waals surface area (Å²) in [4.78, 5) is 0. The molecule has 0 fully saturated rings. The van der Waals surface area contributed by atoms with E-state index in [1.807, 2.05) is 0 Å². The molecule has 0 saturated heterocycles. The van der Waals surface area contributed by atoms with Crippen LogP contribution in [0.2, 0.25) is 0 Å². The fourth-order valence-electron chi connectivity index (χ4n) is 1.78. The van der Waals surface area contributed by atoms with E-state index in [2.05, 4.69) is 25.1 Å². The molecule has 0 aromatic heterocycles. The van der Waals surface area contributed by atoms with E-state index in [0.717, 1.165) is 12.8 Å². The van der Waals surface area contributed by atoms with Gasteiger partial charge in [0.25, 0.3) is 0 Å². The summed E-state index contributed by atoms with van der Waals surface area (Å²) in [6.07, 6.45) is 2.29. The molecular weight excluding hydrogens is 170 g/mol. The zero-order valence-corrected chi connectivity index (χ0v) is 8.03. The van der Waals surface area contributed by atoms with Crippen molar-refractivity contribution in [1.29, 1.82) is 0 Å². The van der Waals surface area contributed by atoms with Gasteiger partial charge in [-0.2, -0.15) is 0 Å². The average Bonchev–Trinajstić information content (AvgIpc) is 2.32. The molecule has 2 N–H and O–H groups in total. The van der Waals surface area contributed by atoms with Gasteiger partial charge in [0.1, 0.15) is 0 Å². The largest absolute Gasteiger partial charge is 0.324 e. The van der Waals surface area contributed by atoms with Crippen LogP contribution in [0.1, 0.15) is 29.2 Å². The van der Waals surface area contributed by atoms with Gasteiger partial charge in [-0.05, 0) is 30.9 Å². The maximum Gasteiger partial charge on any atom is 0.0300 e. The van der Waals surface area contributed by atoms with Crippen molar-refractivity contribution in [2.75, 3.05) is 0 Å². The third-order valence-electron chi connectivity index (χ3n) is 2.42. The minimum absolute atomic E-state index is 0. The van der Waals surface area contributed by atoms with Crippen molar-refractivity contribution in [3.8, 4) is 0 Å². The van der Waals surface area contributed by atoms with Crippen LogP contribution in [-0.2, 0) is 6.42 Å². The molecule has 0 amide bonds. The first-order valence-corrected chi connectivity index (χ1v) is 4.12. The number of hydrogen-bond acceptors (Lipinski definition) is 1. The number of nitrogens with two attached hydrogens (primary N) is 1. The van der Waals surface area contributed by atoms with E-state index in [1.54, 1.807) is 0 Å². The number of halogens is 1. The predicted octanol–water partition coefficient (Wildman–Crippen LogP) is 2.36. The van der Waals surface area contributed by atoms with Crippen LogP contribution in [0.5, 0.6) is 0 Å². The molecule has 1 aromatic rings. The predicted molar refractivity (Wildman–Crippen MR) is 53.7 cm³/mol. The molecule has 2 rings (SSSR count). The molecule has 0 aliphatic heterocycles. The zero-order valence-electron chi connectivity index (χ0n) is 7.21. The number of rotatable bonds is 0. The molecule has 0 bridgehead atoms. The number of hydrogen-bond donors (Lipinski definition) is 1. The van der Waals surface area contributed by atoms with E-state index in [-0.39, 0.29) is 12.4 Å². The normalized spacial score (nSPS) is 20.0. The Morgan fingerprint density at radius 3 is 2.92 bits per heavy atom. The van der Waals surface area contributed by atoms with Crippen LogP contribution in [0.4, 0.5) is 0 Å². The number of aryl methyl sites for hydroxylation is 2. The monoisotopic (exact) mass is 183 g/mol. The third kappa shape index (κ3) is 1.47. The number of fused-ring (bicyclic) bond motifs is 1. The molecule has 0 heterocycles. The van der Waals surface area contributed by atoms with Crippen LogP contribution in [0.3, 0.4) is 0 Å². The highest BCUT2D eigenvalue weighted by Crippen LogP contribution is 2.29. The third-order valence-corrected chi connectivity index (χ3v) is 2.42. The lowest BCUT2D eigenvalue weighted by Gasteiger charge is -2.03. The Morgan fingerprint density at radius 1 is 1.42 bits per heavy atom. The highest BCUT2D eigenvalue weighted by atomic mass is 35.5. The quantitative estimate of drug-likeness (QED) is 0.657. The zero-order chi connectivity index (χ0) is 7.84. The van der Waals surface area contributed by atoms with Crippen LogP contribution >= 0.6 is 12.4 Å². The first kappa shape index (κ1) is 9.56. The maximum atomic E-state index is 5.90. The molecule has 1 aromatic carbocycles. The van der Waals surface area contributed by atoms with Gasteiger partial charge in [-0.25, -0.2) is 0 Å². The van der Waals surface area contributed by atoms with Crippen molar-refractivity contribution >= 4 is 12.4 Å². The molecule has 0 radical (unpaired) electrons. The van der Waals surface area contributed by atoms with Crippen LogP contribution < -0.4 is 5.73 Å². The fraction of sp³-hybridized carbons (Fsp3) is 0.400. The average molecular weight is 184 g/mol. The van der Waals surface area contributed by atoms with Gasteiger partial charge in [-0.1, -0.05) is 23.8 Å². The van der Waals surface area contributed by atoms with Gasteiger partial charge in [0, 0.05) is 6.04 Å². The molecule has 1 aliphatic carbocycles. The smallest absolute Gasteiger partial charge is 0.0300 e. The van der Waals surface area contributed by atoms with Crippen molar-refractivity contribution < 1.29 is 0 Å². The maximum absolute atomic E-state index is 5.90. The first-order chi connectivity index (χ1) is 5.27. The topological polar surface area (TPSA) is 26.0 Å². The van der Waals surface area contributed by atoms with Crippen molar-refractivity contribution in [2.45, 2.75) is 25.8 Å². The lowest BCUT2D eigenvalue weighted by Crippen LogP contribution is -2.04. The summed E-state index contributed by atoms with van der Waals surface area (Å²) in [5.41, 5.74) is 10.1. The van der Waals surface area contributed by atoms with Crippen LogP contribution in [0.25, 0.3) is 0 Å². The Labute approximate surface area is 79.4 Å². The number of benzene rings is 1. The van der Waals surface area contributed by atoms with Crippen LogP contribution in [-0.4, -0.2) is 0 Å². The second-order valence-electron chi connectivity index (χ2n) is 3.35. The molecule has 0 saturated carbocycles. The summed E-state index contributed by atoms with van der Waals surface area (Å²) >= 11 is 0. The molecule has 2 heteroatoms. The highest BCUT2D eigenvalue weighted by molar-refractivity contribution is 5.85. The van der Waals surface area contributed by atoms with Crippen molar-refractivity contribution in [3.05, 3.63) is 34.9 Å². The Morgan fingerprint density at radius 2 is 2.17 bits per heavy atom. The minimum Gasteiger partial charge on any atom is -0.324 e. The second-order valence-corrected chi connectivity index (χ2v) is 3.35. The Hall–Kier alpha value is -0.530. The van der Waals surface area contributed by atoms with Gasteiger partial charge in [0.15, 0.2) is 0 Å². The minimum atomic E-state index is 0. The van der Waals surface area contributed by atoms with Gasteiger partial charge in [0.2, 0.25) is 0 Å². The first-order valence-electron chi connectivity index (χ1n) is 4.12. The summed E-state index contributed by atoms with van der Waals surface area (Å²) in [6.45, 7) is 2.13. The molecule has 1 nitrogen and oxygen atoms in total. The van der Waals surface area contributed by atoms with Crippen molar-refractivity contribution in [3.63, 3.8) is 0 Å². The SMILES string of the molecule is Cc1ccc2c(c1)CCC2N.Cl. The lowest BCUT2D eigenvalue weighted by atomic mass is 10.1. The van der Waals surface area contributed by atoms with E-state index in [1.165, 1.54) is 16.7 Å². The van der Waals surface area contributed by atoms with E-state index in [4.69, 9.17) is 5.73 Å². The van der Waals surface area contributed by atoms with Gasteiger partial charge in [-0.3, -0.25) is 0 Å². The standard InChI is InChI=1S/C10H13N.ClH/c1-7-2-4-9-8(6-7)3-5-10(9)11;/h2,4,6,10H,3,5,11H2,1H3;1H. The molecule has 1 atom stereocenters. The Kier molecular flexibility index (Phi) is 2.76. The van der Waals surface area contributed by atoms with Gasteiger partial charge >= 0.3 is 0 Å². The van der Waals surface area contributed by atoms with Gasteiger partial charge < -0.3 is 5.73 Å². The van der Waals surface area contributed by atoms with Crippen molar-refractivity contribution in [1.82, 2.24) is 0 Å². The molecule has 0 spiro atoms. The summed E-state index contributed by atoms with van der Waals surface area (Å²) < 4.78 is 0. The highest BCUT2D eigenvalue weighted by Gasteiger charge is 2.17. The van der Waals surface area contributed by atoms with E-state index in [9.17, 15) is 0 Å². The molecule has 12 heavy (non-hydrogen) atoms. The molecular formula is C10H14ClN. The Balaban J connectivity index is 0.000000720. The van der Waals surface area contributed by atoms with Crippen molar-refractivity contribution in [2.24, 2.45) is 5.73 Å². The van der Waals surface area contributed by atoms with Gasteiger partial charge in [-0.15, -0.1) is 12.4 Å². The Bertz CT molecular complexity index is 283. The van der Waals surface area contributed by atoms with E-state index in [0.29, 0.717) is 6.04 Å². The molecule has 1 aliphatic rings.